The molecule has 35 heavy (non-hydrogen) atoms. The number of rotatable bonds is 10. The van der Waals surface area contributed by atoms with Crippen LogP contribution >= 0.6 is 12.6 Å². The van der Waals surface area contributed by atoms with Gasteiger partial charge in [-0.05, 0) is 36.6 Å². The Kier molecular flexibility index (Phi) is 12.5. The quantitative estimate of drug-likeness (QED) is 0.221. The summed E-state index contributed by atoms with van der Waals surface area (Å²) in [6.07, 6.45) is -0.143. The zero-order valence-electron chi connectivity index (χ0n) is 20.1. The number of non-ortho nitro benzene ring substituents is 1. The summed E-state index contributed by atoms with van der Waals surface area (Å²) in [7, 11) is 0. The van der Waals surface area contributed by atoms with Crippen LogP contribution in [0, 0.1) is 16.0 Å². The third-order valence-corrected chi connectivity index (χ3v) is 5.49. The van der Waals surface area contributed by atoms with Crippen molar-refractivity contribution in [3.05, 3.63) is 70.3 Å². The molecule has 3 rings (SSSR count). The van der Waals surface area contributed by atoms with Gasteiger partial charge in [0, 0.05) is 30.0 Å². The lowest BCUT2D eigenvalue weighted by Crippen LogP contribution is -2.49. The smallest absolute Gasteiger partial charge is 0.407 e. The minimum Gasteiger partial charge on any atom is -0.444 e. The van der Waals surface area contributed by atoms with Gasteiger partial charge >= 0.3 is 6.09 Å². The Labute approximate surface area is 211 Å². The second kappa shape index (κ2) is 15.4. The molecule has 2 aromatic carbocycles. The fourth-order valence-corrected chi connectivity index (χ4v) is 3.48. The summed E-state index contributed by atoms with van der Waals surface area (Å²) in [4.78, 5) is 22.5. The number of hydrogen-bond acceptors (Lipinski definition) is 8. The summed E-state index contributed by atoms with van der Waals surface area (Å²) in [6.45, 7) is 6.52. The normalized spacial score (nSPS) is 16.7. The molecule has 0 bridgehead atoms. The number of thiol groups is 1. The Hall–Kier alpha value is -2.66. The van der Waals surface area contributed by atoms with Gasteiger partial charge in [0.2, 0.25) is 0 Å². The third kappa shape index (κ3) is 11.5. The first-order valence-corrected chi connectivity index (χ1v) is 12.1. The van der Waals surface area contributed by atoms with Crippen LogP contribution in [0.15, 0.2) is 59.5 Å². The highest BCUT2D eigenvalue weighted by Gasteiger charge is 2.25. The topological polar surface area (TPSA) is 123 Å². The molecule has 1 aliphatic rings. The zero-order chi connectivity index (χ0) is 25.6. The predicted octanol–water partition coefficient (Wildman–Crippen LogP) is 3.60. The van der Waals surface area contributed by atoms with Crippen LogP contribution < -0.4 is 10.6 Å². The average Bonchev–Trinajstić information content (AvgIpc) is 3.32. The van der Waals surface area contributed by atoms with Crippen molar-refractivity contribution in [1.29, 1.82) is 0 Å². The maximum absolute atomic E-state index is 12.2. The molecule has 3 unspecified atom stereocenters. The number of carbonyl (C=O) groups is 1. The van der Waals surface area contributed by atoms with Crippen LogP contribution in [0.3, 0.4) is 0 Å². The summed E-state index contributed by atoms with van der Waals surface area (Å²) in [6, 6.07) is 15.4. The van der Waals surface area contributed by atoms with E-state index in [1.807, 2.05) is 30.3 Å². The van der Waals surface area contributed by atoms with Crippen LogP contribution in [0.25, 0.3) is 0 Å². The van der Waals surface area contributed by atoms with E-state index >= 15 is 0 Å². The highest BCUT2D eigenvalue weighted by atomic mass is 32.1. The van der Waals surface area contributed by atoms with Crippen LogP contribution in [0.1, 0.15) is 25.8 Å². The maximum Gasteiger partial charge on any atom is 0.407 e. The van der Waals surface area contributed by atoms with Crippen molar-refractivity contribution in [2.45, 2.75) is 49.8 Å². The maximum atomic E-state index is 12.2. The Morgan fingerprint density at radius 3 is 2.46 bits per heavy atom. The van der Waals surface area contributed by atoms with E-state index < -0.39 is 23.2 Å². The van der Waals surface area contributed by atoms with Gasteiger partial charge in [-0.3, -0.25) is 10.1 Å². The Bertz CT molecular complexity index is 892. The summed E-state index contributed by atoms with van der Waals surface area (Å²) in [5.74, 6) is 0.500. The second-order valence-electron chi connectivity index (χ2n) is 8.72. The number of nitro benzene ring substituents is 1. The number of ether oxygens (including phenoxy) is 2. The van der Waals surface area contributed by atoms with Gasteiger partial charge in [-0.2, -0.15) is 0 Å². The summed E-state index contributed by atoms with van der Waals surface area (Å²) < 4.78 is 10.6. The lowest BCUT2D eigenvalue weighted by atomic mass is 10.0. The molecule has 1 saturated heterocycles. The number of nitrogens with one attached hydrogen (secondary N) is 2. The monoisotopic (exact) mass is 505 g/mol. The summed E-state index contributed by atoms with van der Waals surface area (Å²) in [5.41, 5.74) is 1.15. The minimum atomic E-state index is -0.702. The molecule has 9 nitrogen and oxygen atoms in total. The molecule has 0 saturated carbocycles. The number of benzene rings is 2. The molecule has 3 N–H and O–H groups in total. The summed E-state index contributed by atoms with van der Waals surface area (Å²) in [5, 5.41) is 26.7. The van der Waals surface area contributed by atoms with Gasteiger partial charge in [0.05, 0.1) is 30.3 Å². The first kappa shape index (κ1) is 28.6. The lowest BCUT2D eigenvalue weighted by Gasteiger charge is -2.25. The van der Waals surface area contributed by atoms with E-state index in [1.54, 1.807) is 12.1 Å². The number of nitro groups is 1. The van der Waals surface area contributed by atoms with E-state index in [0.717, 1.165) is 23.4 Å². The molecular weight excluding hydrogens is 470 g/mol. The van der Waals surface area contributed by atoms with E-state index in [0.29, 0.717) is 32.1 Å². The number of carbonyl (C=O) groups excluding carboxylic acids is 1. The number of hydrogen-bond donors (Lipinski definition) is 4. The van der Waals surface area contributed by atoms with Crippen LogP contribution in [-0.2, 0) is 15.9 Å². The number of amides is 1. The van der Waals surface area contributed by atoms with Crippen molar-refractivity contribution in [2.24, 2.45) is 5.92 Å². The Morgan fingerprint density at radius 2 is 1.89 bits per heavy atom. The highest BCUT2D eigenvalue weighted by molar-refractivity contribution is 7.80. The number of nitrogens with zero attached hydrogens (tertiary/aromatic N) is 1. The van der Waals surface area contributed by atoms with Crippen molar-refractivity contribution >= 4 is 24.4 Å². The van der Waals surface area contributed by atoms with Crippen LogP contribution in [-0.4, -0.2) is 60.7 Å². The number of aliphatic hydroxyl groups excluding tert-OH is 1. The Balaban J connectivity index is 0.000000360. The minimum absolute atomic E-state index is 0.0952. The zero-order valence-corrected chi connectivity index (χ0v) is 21.0. The van der Waals surface area contributed by atoms with Crippen LogP contribution in [0.4, 0.5) is 10.5 Å². The number of aliphatic hydroxyl groups is 1. The molecule has 0 radical (unpaired) electrons. The van der Waals surface area contributed by atoms with E-state index in [2.05, 4.69) is 37.1 Å². The van der Waals surface area contributed by atoms with Gasteiger partial charge in [-0.1, -0.05) is 44.2 Å². The van der Waals surface area contributed by atoms with E-state index in [4.69, 9.17) is 9.47 Å². The molecule has 1 fully saturated rings. The SMILES string of the molecule is CC(C)CNCC(O)C(Cc1ccccc1)NC(=O)OC1CCOC1.O=[N+]([O-])c1ccc(S)cc1. The van der Waals surface area contributed by atoms with Gasteiger partial charge < -0.3 is 25.2 Å². The predicted molar refractivity (Wildman–Crippen MR) is 137 cm³/mol. The molecule has 2 aromatic rings. The van der Waals surface area contributed by atoms with E-state index in [-0.39, 0.29) is 11.8 Å². The van der Waals surface area contributed by atoms with Crippen molar-refractivity contribution in [2.75, 3.05) is 26.3 Å². The molecule has 1 heterocycles. The van der Waals surface area contributed by atoms with Gasteiger partial charge in [0.1, 0.15) is 6.10 Å². The standard InChI is InChI=1S/C19H30N2O4.C6H5NO2S/c1-14(2)11-20-12-18(22)17(10-15-6-4-3-5-7-15)21-19(23)25-16-8-9-24-13-16;8-7(9)5-1-3-6(10)4-2-5/h3-7,14,16-18,20,22H,8-13H2,1-2H3,(H,21,23);1-4,10H. The second-order valence-corrected chi connectivity index (χ2v) is 9.24. The molecule has 0 aliphatic carbocycles. The van der Waals surface area contributed by atoms with E-state index in [9.17, 15) is 20.0 Å². The molecular formula is C25H35N3O6S. The van der Waals surface area contributed by atoms with Crippen LogP contribution in [0.2, 0.25) is 0 Å². The molecule has 10 heteroatoms. The van der Waals surface area contributed by atoms with Gasteiger partial charge in [-0.15, -0.1) is 12.6 Å². The molecule has 0 spiro atoms. The Morgan fingerprint density at radius 1 is 1.20 bits per heavy atom. The molecule has 192 valence electrons. The molecule has 1 aliphatic heterocycles. The fourth-order valence-electron chi connectivity index (χ4n) is 3.33. The highest BCUT2D eigenvalue weighted by Crippen LogP contribution is 2.13. The van der Waals surface area contributed by atoms with Crippen molar-refractivity contribution in [3.8, 4) is 0 Å². The van der Waals surface area contributed by atoms with Gasteiger partial charge in [0.15, 0.2) is 0 Å². The van der Waals surface area contributed by atoms with Gasteiger partial charge in [-0.25, -0.2) is 4.79 Å². The average molecular weight is 506 g/mol. The van der Waals surface area contributed by atoms with Crippen molar-refractivity contribution in [3.63, 3.8) is 0 Å². The van der Waals surface area contributed by atoms with Crippen molar-refractivity contribution in [1.82, 2.24) is 10.6 Å². The third-order valence-electron chi connectivity index (χ3n) is 5.19. The first-order valence-electron chi connectivity index (χ1n) is 11.7. The van der Waals surface area contributed by atoms with Gasteiger partial charge in [0.25, 0.3) is 5.69 Å². The first-order chi connectivity index (χ1) is 16.7. The number of alkyl carbamates (subject to hydrolysis) is 1. The fraction of sp³-hybridized carbons (Fsp3) is 0.480. The van der Waals surface area contributed by atoms with Crippen LogP contribution in [0.5, 0.6) is 0 Å². The molecule has 0 aromatic heterocycles. The van der Waals surface area contributed by atoms with E-state index in [1.165, 1.54) is 12.1 Å². The summed E-state index contributed by atoms with van der Waals surface area (Å²) >= 11 is 3.98. The molecule has 1 amide bonds. The largest absolute Gasteiger partial charge is 0.444 e. The lowest BCUT2D eigenvalue weighted by molar-refractivity contribution is -0.384. The van der Waals surface area contributed by atoms with Crippen molar-refractivity contribution < 1.29 is 24.3 Å². The molecule has 3 atom stereocenters.